The molecule has 1 saturated heterocycles. The summed E-state index contributed by atoms with van der Waals surface area (Å²) in [5.41, 5.74) is 1.96. The number of carbonyl (C=O) groups is 2. The number of benzene rings is 2. The Balaban J connectivity index is 1.68. The van der Waals surface area contributed by atoms with Crippen molar-refractivity contribution in [2.45, 2.75) is 25.4 Å². The van der Waals surface area contributed by atoms with Crippen molar-refractivity contribution in [1.29, 1.82) is 0 Å². The fraction of sp³-hybridized carbons (Fsp3) is 0.263. The number of para-hydroxylation sites is 1. The summed E-state index contributed by atoms with van der Waals surface area (Å²) >= 11 is 0. The van der Waals surface area contributed by atoms with Crippen LogP contribution >= 0.6 is 0 Å². The third-order valence-electron chi connectivity index (χ3n) is 4.20. The number of rotatable bonds is 5. The van der Waals surface area contributed by atoms with Crippen LogP contribution in [0, 0.1) is 5.92 Å². The highest BCUT2D eigenvalue weighted by molar-refractivity contribution is 6.11. The molecule has 0 bridgehead atoms. The minimum absolute atomic E-state index is 0.0326. The summed E-state index contributed by atoms with van der Waals surface area (Å²) < 4.78 is 0. The van der Waals surface area contributed by atoms with Crippen LogP contribution in [0.15, 0.2) is 60.7 Å². The van der Waals surface area contributed by atoms with Gasteiger partial charge in [0.2, 0.25) is 5.91 Å². The standard InChI is InChI=1S/C19H20N2O2/c1-13(20-15-10-6-3-7-11-15)17-18(22)16(21-19(17)23)12-14-8-4-2-5-9-14/h2-11,13,16-17,20H,12H2,1H3,(H,21,23)/t13?,16-,17?/m0/s1. The summed E-state index contributed by atoms with van der Waals surface area (Å²) in [5.74, 6) is -0.870. The largest absolute Gasteiger partial charge is 0.381 e. The molecule has 0 aliphatic carbocycles. The third-order valence-corrected chi connectivity index (χ3v) is 4.20. The summed E-state index contributed by atoms with van der Waals surface area (Å²) in [6.07, 6.45) is 0.542. The van der Waals surface area contributed by atoms with Gasteiger partial charge >= 0.3 is 0 Å². The van der Waals surface area contributed by atoms with Crippen LogP contribution in [-0.4, -0.2) is 23.8 Å². The van der Waals surface area contributed by atoms with Crippen molar-refractivity contribution in [3.05, 3.63) is 66.2 Å². The predicted molar refractivity (Wildman–Crippen MR) is 90.1 cm³/mol. The van der Waals surface area contributed by atoms with Crippen LogP contribution in [0.1, 0.15) is 12.5 Å². The Morgan fingerprint density at radius 3 is 2.26 bits per heavy atom. The number of ketones is 1. The third kappa shape index (κ3) is 3.42. The molecule has 0 aromatic heterocycles. The average Bonchev–Trinajstić information content (AvgIpc) is 2.83. The molecule has 3 rings (SSSR count). The lowest BCUT2D eigenvalue weighted by atomic mass is 9.93. The zero-order valence-corrected chi connectivity index (χ0v) is 13.0. The quantitative estimate of drug-likeness (QED) is 0.834. The molecule has 2 aromatic carbocycles. The maximum atomic E-state index is 12.6. The van der Waals surface area contributed by atoms with Crippen molar-refractivity contribution in [2.24, 2.45) is 5.92 Å². The van der Waals surface area contributed by atoms with E-state index in [4.69, 9.17) is 0 Å². The molecule has 0 radical (unpaired) electrons. The van der Waals surface area contributed by atoms with Crippen molar-refractivity contribution < 1.29 is 9.59 Å². The highest BCUT2D eigenvalue weighted by atomic mass is 16.2. The molecule has 2 aromatic rings. The lowest BCUT2D eigenvalue weighted by molar-refractivity contribution is -0.128. The number of anilines is 1. The van der Waals surface area contributed by atoms with Gasteiger partial charge in [0.1, 0.15) is 5.92 Å². The molecule has 4 nitrogen and oxygen atoms in total. The summed E-state index contributed by atoms with van der Waals surface area (Å²) in [7, 11) is 0. The first kappa shape index (κ1) is 15.3. The summed E-state index contributed by atoms with van der Waals surface area (Å²) in [6, 6.07) is 18.7. The summed E-state index contributed by atoms with van der Waals surface area (Å²) in [5, 5.41) is 6.09. The highest BCUT2D eigenvalue weighted by Crippen LogP contribution is 2.21. The van der Waals surface area contributed by atoms with E-state index in [0.717, 1.165) is 11.3 Å². The first-order valence-corrected chi connectivity index (χ1v) is 7.85. The minimum atomic E-state index is -0.649. The van der Waals surface area contributed by atoms with Crippen LogP contribution in [0.2, 0.25) is 0 Å². The predicted octanol–water partition coefficient (Wildman–Crippen LogP) is 2.41. The second-order valence-electron chi connectivity index (χ2n) is 5.93. The van der Waals surface area contributed by atoms with Gasteiger partial charge < -0.3 is 10.6 Å². The average molecular weight is 308 g/mol. The Labute approximate surface area is 135 Å². The molecular weight excluding hydrogens is 288 g/mol. The van der Waals surface area contributed by atoms with Crippen molar-refractivity contribution in [3.63, 3.8) is 0 Å². The monoisotopic (exact) mass is 308 g/mol. The van der Waals surface area contributed by atoms with Crippen LogP contribution in [0.3, 0.4) is 0 Å². The maximum absolute atomic E-state index is 12.6. The van der Waals surface area contributed by atoms with Crippen LogP contribution < -0.4 is 10.6 Å². The van der Waals surface area contributed by atoms with E-state index < -0.39 is 12.0 Å². The normalized spacial score (nSPS) is 21.8. The van der Waals surface area contributed by atoms with Gasteiger partial charge in [-0.3, -0.25) is 9.59 Å². The fourth-order valence-electron chi connectivity index (χ4n) is 3.03. The number of hydrogen-bond acceptors (Lipinski definition) is 3. The molecule has 2 unspecified atom stereocenters. The van der Waals surface area contributed by atoms with Gasteiger partial charge in [0.25, 0.3) is 0 Å². The molecule has 3 atom stereocenters. The van der Waals surface area contributed by atoms with Crippen LogP contribution in [-0.2, 0) is 16.0 Å². The zero-order chi connectivity index (χ0) is 16.2. The van der Waals surface area contributed by atoms with Gasteiger partial charge in [-0.05, 0) is 31.0 Å². The van der Waals surface area contributed by atoms with Crippen molar-refractivity contribution >= 4 is 17.4 Å². The number of carbonyl (C=O) groups excluding carboxylic acids is 2. The lowest BCUT2D eigenvalue weighted by Crippen LogP contribution is -2.35. The molecule has 2 N–H and O–H groups in total. The second-order valence-corrected chi connectivity index (χ2v) is 5.93. The van der Waals surface area contributed by atoms with Crippen LogP contribution in [0.25, 0.3) is 0 Å². The van der Waals surface area contributed by atoms with E-state index in [1.54, 1.807) is 0 Å². The number of amides is 1. The smallest absolute Gasteiger partial charge is 0.233 e. The first-order valence-electron chi connectivity index (χ1n) is 7.85. The van der Waals surface area contributed by atoms with Crippen molar-refractivity contribution in [3.8, 4) is 0 Å². The molecular formula is C19H20N2O2. The first-order chi connectivity index (χ1) is 11.1. The summed E-state index contributed by atoms with van der Waals surface area (Å²) in [4.78, 5) is 24.9. The van der Waals surface area contributed by atoms with Crippen LogP contribution in [0.5, 0.6) is 0 Å². The Morgan fingerprint density at radius 1 is 1.00 bits per heavy atom. The molecule has 4 heteroatoms. The van der Waals surface area contributed by atoms with Gasteiger partial charge in [0, 0.05) is 11.7 Å². The molecule has 0 spiro atoms. The lowest BCUT2D eigenvalue weighted by Gasteiger charge is -2.19. The van der Waals surface area contributed by atoms with Gasteiger partial charge in [0.15, 0.2) is 5.78 Å². The molecule has 118 valence electrons. The topological polar surface area (TPSA) is 58.2 Å². The summed E-state index contributed by atoms with van der Waals surface area (Å²) in [6.45, 7) is 1.88. The Bertz CT molecular complexity index is 685. The number of Topliss-reactive ketones (excluding diaryl/α,β-unsaturated/α-hetero) is 1. The van der Waals surface area contributed by atoms with E-state index >= 15 is 0 Å². The molecule has 1 amide bonds. The van der Waals surface area contributed by atoms with E-state index in [1.807, 2.05) is 67.6 Å². The van der Waals surface area contributed by atoms with E-state index in [-0.39, 0.29) is 17.7 Å². The SMILES string of the molecule is CC(Nc1ccccc1)C1C(=O)N[C@@H](Cc2ccccc2)C1=O. The van der Waals surface area contributed by atoms with E-state index in [1.165, 1.54) is 0 Å². The Morgan fingerprint density at radius 2 is 1.61 bits per heavy atom. The highest BCUT2D eigenvalue weighted by Gasteiger charge is 2.43. The second kappa shape index (κ2) is 6.65. The van der Waals surface area contributed by atoms with Gasteiger partial charge in [-0.25, -0.2) is 0 Å². The van der Waals surface area contributed by atoms with Gasteiger partial charge in [-0.15, -0.1) is 0 Å². The van der Waals surface area contributed by atoms with Crippen molar-refractivity contribution in [2.75, 3.05) is 5.32 Å². The van der Waals surface area contributed by atoms with E-state index in [9.17, 15) is 9.59 Å². The maximum Gasteiger partial charge on any atom is 0.233 e. The molecule has 1 aliphatic heterocycles. The Kier molecular flexibility index (Phi) is 4.42. The van der Waals surface area contributed by atoms with E-state index in [0.29, 0.717) is 6.42 Å². The molecule has 0 saturated carbocycles. The zero-order valence-electron chi connectivity index (χ0n) is 13.0. The number of nitrogens with one attached hydrogen (secondary N) is 2. The number of hydrogen-bond donors (Lipinski definition) is 2. The fourth-order valence-corrected chi connectivity index (χ4v) is 3.03. The molecule has 1 heterocycles. The van der Waals surface area contributed by atoms with Gasteiger partial charge in [0.05, 0.1) is 6.04 Å². The van der Waals surface area contributed by atoms with E-state index in [2.05, 4.69) is 10.6 Å². The molecule has 23 heavy (non-hydrogen) atoms. The van der Waals surface area contributed by atoms with Gasteiger partial charge in [-0.2, -0.15) is 0 Å². The van der Waals surface area contributed by atoms with Gasteiger partial charge in [-0.1, -0.05) is 48.5 Å². The Hall–Kier alpha value is -2.62. The van der Waals surface area contributed by atoms with Crippen LogP contribution in [0.4, 0.5) is 5.69 Å². The molecule has 1 fully saturated rings. The minimum Gasteiger partial charge on any atom is -0.381 e. The van der Waals surface area contributed by atoms with Crippen molar-refractivity contribution in [1.82, 2.24) is 5.32 Å². The molecule has 1 aliphatic rings.